The number of nitrogens with zero attached hydrogens (tertiary/aromatic N) is 2. The lowest BCUT2D eigenvalue weighted by Crippen LogP contribution is -2.36. The summed E-state index contributed by atoms with van der Waals surface area (Å²) in [6.45, 7) is 6.19. The summed E-state index contributed by atoms with van der Waals surface area (Å²) in [6.07, 6.45) is 4.29. The van der Waals surface area contributed by atoms with Gasteiger partial charge in [-0.25, -0.2) is 8.42 Å². The summed E-state index contributed by atoms with van der Waals surface area (Å²) < 4.78 is 25.1. The van der Waals surface area contributed by atoms with Crippen LogP contribution in [0.2, 0.25) is 0 Å². The molecule has 7 heteroatoms. The minimum Gasteiger partial charge on any atom is -0.325 e. The van der Waals surface area contributed by atoms with Crippen molar-refractivity contribution < 1.29 is 13.2 Å². The number of hydrogen-bond donors (Lipinski definition) is 1. The zero-order valence-corrected chi connectivity index (χ0v) is 16.4. The fourth-order valence-corrected chi connectivity index (χ4v) is 3.14. The molecule has 6 nitrogen and oxygen atoms in total. The van der Waals surface area contributed by atoms with Crippen molar-refractivity contribution in [3.63, 3.8) is 0 Å². The molecule has 0 aliphatic rings. The predicted molar refractivity (Wildman–Crippen MR) is 103 cm³/mol. The highest BCUT2D eigenvalue weighted by Crippen LogP contribution is 2.23. The minimum atomic E-state index is -3.53. The van der Waals surface area contributed by atoms with Crippen LogP contribution in [0, 0.1) is 0 Å². The summed E-state index contributed by atoms with van der Waals surface area (Å²) in [6, 6.07) is 11.1. The van der Waals surface area contributed by atoms with Gasteiger partial charge in [0.15, 0.2) is 0 Å². The van der Waals surface area contributed by atoms with Crippen LogP contribution in [0.25, 0.3) is 0 Å². The van der Waals surface area contributed by atoms with Gasteiger partial charge < -0.3 is 5.32 Å². The number of carbonyl (C=O) groups is 1. The first-order valence-corrected chi connectivity index (χ1v) is 10.1. The van der Waals surface area contributed by atoms with E-state index in [1.165, 1.54) is 0 Å². The van der Waals surface area contributed by atoms with Crippen LogP contribution in [0.15, 0.2) is 48.8 Å². The zero-order valence-electron chi connectivity index (χ0n) is 15.6. The second kappa shape index (κ2) is 7.97. The van der Waals surface area contributed by atoms with Gasteiger partial charge in [-0.3, -0.25) is 9.78 Å². The molecule has 0 aliphatic heterocycles. The van der Waals surface area contributed by atoms with Gasteiger partial charge in [0.1, 0.15) is 0 Å². The number of sulfonamides is 1. The summed E-state index contributed by atoms with van der Waals surface area (Å²) in [5.41, 5.74) is 2.54. The number of hydrogen-bond acceptors (Lipinski definition) is 4. The Bertz CT molecular complexity index is 842. The molecule has 0 bridgehead atoms. The Labute approximate surface area is 155 Å². The van der Waals surface area contributed by atoms with Gasteiger partial charge in [-0.2, -0.15) is 4.31 Å². The minimum absolute atomic E-state index is 0.0271. The molecule has 2 rings (SSSR count). The first-order valence-electron chi connectivity index (χ1n) is 8.30. The molecule has 1 amide bonds. The van der Waals surface area contributed by atoms with E-state index in [0.717, 1.165) is 21.7 Å². The fourth-order valence-electron chi connectivity index (χ4n) is 2.40. The van der Waals surface area contributed by atoms with Crippen LogP contribution in [-0.2, 0) is 26.8 Å². The standard InChI is InChI=1S/C19H25N3O3S/c1-19(2,3)16-7-9-17(10-8-16)21-18(23)14-22(26(4,24)25)13-15-6-5-11-20-12-15/h5-12H,13-14H2,1-4H3,(H,21,23). The number of amides is 1. The molecule has 1 heterocycles. The average molecular weight is 375 g/mol. The Morgan fingerprint density at radius 2 is 1.81 bits per heavy atom. The summed E-state index contributed by atoms with van der Waals surface area (Å²) in [4.78, 5) is 16.3. The quantitative estimate of drug-likeness (QED) is 0.842. The van der Waals surface area contributed by atoms with E-state index in [9.17, 15) is 13.2 Å². The molecule has 0 unspecified atom stereocenters. The van der Waals surface area contributed by atoms with Crippen LogP contribution in [0.5, 0.6) is 0 Å². The molecule has 0 fully saturated rings. The van der Waals surface area contributed by atoms with E-state index in [-0.39, 0.29) is 24.4 Å². The van der Waals surface area contributed by atoms with Gasteiger partial charge >= 0.3 is 0 Å². The number of rotatable bonds is 6. The third-order valence-electron chi connectivity index (χ3n) is 3.91. The molecule has 2 aromatic rings. The molecule has 140 valence electrons. The lowest BCUT2D eigenvalue weighted by Gasteiger charge is -2.20. The molecule has 1 N–H and O–H groups in total. The van der Waals surface area contributed by atoms with Gasteiger partial charge in [-0.1, -0.05) is 39.0 Å². The molecule has 0 atom stereocenters. The number of pyridine rings is 1. The Kier molecular flexibility index (Phi) is 6.15. The van der Waals surface area contributed by atoms with E-state index in [0.29, 0.717) is 5.69 Å². The lowest BCUT2D eigenvalue weighted by atomic mass is 9.87. The molecule has 26 heavy (non-hydrogen) atoms. The van der Waals surface area contributed by atoms with Gasteiger partial charge in [-0.05, 0) is 34.7 Å². The van der Waals surface area contributed by atoms with Crippen molar-refractivity contribution in [1.29, 1.82) is 0 Å². The fraction of sp³-hybridized carbons (Fsp3) is 0.368. The van der Waals surface area contributed by atoms with Gasteiger partial charge in [0.05, 0.1) is 12.8 Å². The molecular weight excluding hydrogens is 350 g/mol. The number of anilines is 1. The Hall–Kier alpha value is -2.25. The molecule has 0 spiro atoms. The molecule has 0 saturated heterocycles. The molecule has 0 saturated carbocycles. The predicted octanol–water partition coefficient (Wildman–Crippen LogP) is 2.78. The highest BCUT2D eigenvalue weighted by molar-refractivity contribution is 7.88. The average Bonchev–Trinajstić information content (AvgIpc) is 2.54. The Morgan fingerprint density at radius 1 is 1.15 bits per heavy atom. The first kappa shape index (κ1) is 20.1. The zero-order chi connectivity index (χ0) is 19.4. The maximum atomic E-state index is 12.3. The van der Waals surface area contributed by atoms with E-state index in [2.05, 4.69) is 31.1 Å². The van der Waals surface area contributed by atoms with Crippen molar-refractivity contribution in [2.24, 2.45) is 0 Å². The van der Waals surface area contributed by atoms with Crippen molar-refractivity contribution in [1.82, 2.24) is 9.29 Å². The normalized spacial score (nSPS) is 12.2. The number of benzene rings is 1. The molecule has 1 aromatic carbocycles. The van der Waals surface area contributed by atoms with Crippen LogP contribution >= 0.6 is 0 Å². The number of aromatic nitrogens is 1. The first-order chi connectivity index (χ1) is 12.1. The van der Waals surface area contributed by atoms with Crippen molar-refractivity contribution >= 4 is 21.6 Å². The highest BCUT2D eigenvalue weighted by Gasteiger charge is 2.21. The molecule has 1 aromatic heterocycles. The maximum Gasteiger partial charge on any atom is 0.239 e. The van der Waals surface area contributed by atoms with Gasteiger partial charge in [0.25, 0.3) is 0 Å². The number of nitrogens with one attached hydrogen (secondary N) is 1. The largest absolute Gasteiger partial charge is 0.325 e. The smallest absolute Gasteiger partial charge is 0.239 e. The molecule has 0 aliphatic carbocycles. The van der Waals surface area contributed by atoms with Gasteiger partial charge in [0.2, 0.25) is 15.9 Å². The van der Waals surface area contributed by atoms with E-state index >= 15 is 0 Å². The highest BCUT2D eigenvalue weighted by atomic mass is 32.2. The van der Waals surface area contributed by atoms with Crippen LogP contribution in [0.1, 0.15) is 31.9 Å². The van der Waals surface area contributed by atoms with E-state index < -0.39 is 10.0 Å². The van der Waals surface area contributed by atoms with E-state index in [1.54, 1.807) is 24.5 Å². The maximum absolute atomic E-state index is 12.3. The van der Waals surface area contributed by atoms with Crippen molar-refractivity contribution in [2.75, 3.05) is 18.1 Å². The van der Waals surface area contributed by atoms with Gasteiger partial charge in [-0.15, -0.1) is 0 Å². The van der Waals surface area contributed by atoms with Crippen LogP contribution in [0.3, 0.4) is 0 Å². The summed E-state index contributed by atoms with van der Waals surface area (Å²) in [5.74, 6) is -0.386. The second-order valence-corrected chi connectivity index (χ2v) is 9.25. The van der Waals surface area contributed by atoms with Crippen LogP contribution in [-0.4, -0.2) is 36.4 Å². The van der Waals surface area contributed by atoms with Crippen molar-refractivity contribution in [3.8, 4) is 0 Å². The van der Waals surface area contributed by atoms with Crippen molar-refractivity contribution in [2.45, 2.75) is 32.7 Å². The van der Waals surface area contributed by atoms with Crippen LogP contribution in [0.4, 0.5) is 5.69 Å². The van der Waals surface area contributed by atoms with Gasteiger partial charge in [0, 0.05) is 24.6 Å². The molecule has 0 radical (unpaired) electrons. The van der Waals surface area contributed by atoms with Crippen LogP contribution < -0.4 is 5.32 Å². The van der Waals surface area contributed by atoms with Crippen molar-refractivity contribution in [3.05, 3.63) is 59.9 Å². The third-order valence-corrected chi connectivity index (χ3v) is 5.10. The number of carbonyl (C=O) groups excluding carboxylic acids is 1. The Balaban J connectivity index is 2.05. The molecular formula is C19H25N3O3S. The summed E-state index contributed by atoms with van der Waals surface area (Å²) >= 11 is 0. The lowest BCUT2D eigenvalue weighted by molar-refractivity contribution is -0.116. The Morgan fingerprint density at radius 3 is 2.31 bits per heavy atom. The second-order valence-electron chi connectivity index (χ2n) is 7.27. The summed E-state index contributed by atoms with van der Waals surface area (Å²) in [7, 11) is -3.53. The topological polar surface area (TPSA) is 79.4 Å². The van der Waals surface area contributed by atoms with E-state index in [4.69, 9.17) is 0 Å². The third kappa shape index (κ3) is 5.93. The summed E-state index contributed by atoms with van der Waals surface area (Å²) in [5, 5.41) is 2.75. The SMILES string of the molecule is CC(C)(C)c1ccc(NC(=O)CN(Cc2cccnc2)S(C)(=O)=O)cc1. The van der Waals surface area contributed by atoms with E-state index in [1.807, 2.05) is 24.3 Å². The monoisotopic (exact) mass is 375 g/mol.